The number of hydrogen-bond acceptors (Lipinski definition) is 2. The number of rotatable bonds is 5. The lowest BCUT2D eigenvalue weighted by Crippen LogP contribution is -2.32. The average Bonchev–Trinajstić information content (AvgIpc) is 2.78. The fourth-order valence-electron chi connectivity index (χ4n) is 2.25. The van der Waals surface area contributed by atoms with E-state index in [0.717, 1.165) is 12.4 Å². The molecule has 0 saturated heterocycles. The van der Waals surface area contributed by atoms with Crippen molar-refractivity contribution in [2.75, 3.05) is 0 Å². The normalized spacial score (nSPS) is 14.3. The van der Waals surface area contributed by atoms with Gasteiger partial charge in [0.2, 0.25) is 0 Å². The Hall–Kier alpha value is -1.68. The Kier molecular flexibility index (Phi) is 4.00. The molecule has 1 N–H and O–H groups in total. The van der Waals surface area contributed by atoms with E-state index >= 15 is 0 Å². The molecule has 1 aromatic carbocycles. The zero-order valence-electron chi connectivity index (χ0n) is 11.3. The number of imidazole rings is 1. The van der Waals surface area contributed by atoms with Gasteiger partial charge in [0.25, 0.3) is 0 Å². The molecule has 0 radical (unpaired) electrons. The van der Waals surface area contributed by atoms with Crippen LogP contribution in [0.4, 0.5) is 4.39 Å². The molecule has 102 valence electrons. The summed E-state index contributed by atoms with van der Waals surface area (Å²) in [7, 11) is 0. The number of aliphatic hydroxyl groups is 1. The summed E-state index contributed by atoms with van der Waals surface area (Å²) in [6.45, 7) is 4.55. The van der Waals surface area contributed by atoms with Gasteiger partial charge in [0, 0.05) is 31.8 Å². The molecule has 0 aliphatic rings. The molecule has 0 amide bonds. The van der Waals surface area contributed by atoms with Gasteiger partial charge < -0.3 is 9.67 Å². The predicted octanol–water partition coefficient (Wildman–Crippen LogP) is 2.58. The van der Waals surface area contributed by atoms with Gasteiger partial charge in [-0.25, -0.2) is 9.37 Å². The molecule has 0 fully saturated rings. The van der Waals surface area contributed by atoms with Crippen molar-refractivity contribution in [1.29, 1.82) is 0 Å². The van der Waals surface area contributed by atoms with Crippen molar-refractivity contribution in [2.24, 2.45) is 0 Å². The first kappa shape index (κ1) is 13.7. The van der Waals surface area contributed by atoms with Crippen LogP contribution in [0.15, 0.2) is 36.7 Å². The Morgan fingerprint density at radius 3 is 2.74 bits per heavy atom. The number of halogens is 1. The number of aromatic nitrogens is 2. The van der Waals surface area contributed by atoms with Crippen LogP contribution in [0.3, 0.4) is 0 Å². The molecule has 3 nitrogen and oxygen atoms in total. The van der Waals surface area contributed by atoms with Gasteiger partial charge >= 0.3 is 0 Å². The van der Waals surface area contributed by atoms with Crippen LogP contribution >= 0.6 is 0 Å². The molecule has 1 aromatic heterocycles. The van der Waals surface area contributed by atoms with E-state index in [1.807, 2.05) is 17.7 Å². The largest absolute Gasteiger partial charge is 0.389 e. The molecular weight excluding hydrogens is 243 g/mol. The lowest BCUT2D eigenvalue weighted by molar-refractivity contribution is 0.0570. The summed E-state index contributed by atoms with van der Waals surface area (Å²) >= 11 is 0. The third-order valence-corrected chi connectivity index (χ3v) is 3.21. The van der Waals surface area contributed by atoms with Crippen LogP contribution in [0.2, 0.25) is 0 Å². The Labute approximate surface area is 112 Å². The van der Waals surface area contributed by atoms with E-state index < -0.39 is 5.60 Å². The van der Waals surface area contributed by atoms with E-state index in [4.69, 9.17) is 0 Å². The first-order valence-corrected chi connectivity index (χ1v) is 6.47. The maximum absolute atomic E-state index is 13.6. The second-order valence-electron chi connectivity index (χ2n) is 5.07. The third-order valence-electron chi connectivity index (χ3n) is 3.21. The molecule has 0 aliphatic heterocycles. The molecule has 0 aliphatic carbocycles. The van der Waals surface area contributed by atoms with Crippen molar-refractivity contribution >= 4 is 0 Å². The first-order valence-electron chi connectivity index (χ1n) is 6.47. The van der Waals surface area contributed by atoms with E-state index in [0.29, 0.717) is 12.0 Å². The number of hydrogen-bond donors (Lipinski definition) is 1. The molecule has 0 bridgehead atoms. The molecule has 0 spiro atoms. The van der Waals surface area contributed by atoms with Gasteiger partial charge in [-0.05, 0) is 25.5 Å². The average molecular weight is 262 g/mol. The van der Waals surface area contributed by atoms with Crippen LogP contribution < -0.4 is 0 Å². The van der Waals surface area contributed by atoms with Crippen molar-refractivity contribution in [1.82, 2.24) is 9.55 Å². The number of aryl methyl sites for hydroxylation is 1. The van der Waals surface area contributed by atoms with Crippen LogP contribution in [0.5, 0.6) is 0 Å². The minimum atomic E-state index is -1.01. The monoisotopic (exact) mass is 262 g/mol. The Morgan fingerprint density at radius 1 is 1.32 bits per heavy atom. The molecule has 1 atom stereocenters. The lowest BCUT2D eigenvalue weighted by Gasteiger charge is -2.23. The Morgan fingerprint density at radius 2 is 2.05 bits per heavy atom. The van der Waals surface area contributed by atoms with Crippen LogP contribution in [-0.2, 0) is 19.4 Å². The van der Waals surface area contributed by atoms with Crippen LogP contribution in [-0.4, -0.2) is 20.3 Å². The smallest absolute Gasteiger partial charge is 0.126 e. The van der Waals surface area contributed by atoms with Gasteiger partial charge in [0.15, 0.2) is 0 Å². The van der Waals surface area contributed by atoms with E-state index in [2.05, 4.69) is 4.98 Å². The van der Waals surface area contributed by atoms with Crippen molar-refractivity contribution < 1.29 is 9.50 Å². The van der Waals surface area contributed by atoms with Gasteiger partial charge in [-0.2, -0.15) is 0 Å². The molecule has 19 heavy (non-hydrogen) atoms. The van der Waals surface area contributed by atoms with Gasteiger partial charge in [-0.15, -0.1) is 0 Å². The summed E-state index contributed by atoms with van der Waals surface area (Å²) in [4.78, 5) is 4.25. The summed E-state index contributed by atoms with van der Waals surface area (Å²) in [6.07, 6.45) is 4.28. The SMILES string of the molecule is CCn1ccnc1CC(C)(O)Cc1ccccc1F. The highest BCUT2D eigenvalue weighted by atomic mass is 19.1. The maximum Gasteiger partial charge on any atom is 0.126 e. The molecule has 0 saturated carbocycles. The fraction of sp³-hybridized carbons (Fsp3) is 0.400. The highest BCUT2D eigenvalue weighted by Gasteiger charge is 2.25. The quantitative estimate of drug-likeness (QED) is 0.899. The van der Waals surface area contributed by atoms with E-state index in [-0.39, 0.29) is 12.2 Å². The lowest BCUT2D eigenvalue weighted by atomic mass is 9.92. The predicted molar refractivity (Wildman–Crippen MR) is 72.3 cm³/mol. The molecular formula is C15H19FN2O. The molecule has 2 aromatic rings. The van der Waals surface area contributed by atoms with Crippen LogP contribution in [0, 0.1) is 5.82 Å². The second kappa shape index (κ2) is 5.53. The summed E-state index contributed by atoms with van der Waals surface area (Å²) < 4.78 is 15.6. The van der Waals surface area contributed by atoms with Crippen molar-refractivity contribution in [3.8, 4) is 0 Å². The maximum atomic E-state index is 13.6. The highest BCUT2D eigenvalue weighted by Crippen LogP contribution is 2.20. The van der Waals surface area contributed by atoms with E-state index in [1.54, 1.807) is 31.3 Å². The molecule has 1 unspecified atom stereocenters. The molecule has 2 rings (SSSR count). The fourth-order valence-corrected chi connectivity index (χ4v) is 2.25. The topological polar surface area (TPSA) is 38.0 Å². The molecule has 1 heterocycles. The minimum Gasteiger partial charge on any atom is -0.389 e. The standard InChI is InChI=1S/C15H19FN2O/c1-3-18-9-8-17-14(18)11-15(2,19)10-12-6-4-5-7-13(12)16/h4-9,19H,3,10-11H2,1-2H3. The van der Waals surface area contributed by atoms with Crippen molar-refractivity contribution in [3.63, 3.8) is 0 Å². The highest BCUT2D eigenvalue weighted by molar-refractivity contribution is 5.19. The van der Waals surface area contributed by atoms with Gasteiger partial charge in [-0.3, -0.25) is 0 Å². The zero-order valence-corrected chi connectivity index (χ0v) is 11.3. The summed E-state index contributed by atoms with van der Waals surface area (Å²) in [6, 6.07) is 6.55. The number of nitrogens with zero attached hydrogens (tertiary/aromatic N) is 2. The summed E-state index contributed by atoms with van der Waals surface area (Å²) in [5, 5.41) is 10.5. The van der Waals surface area contributed by atoms with Crippen LogP contribution in [0.1, 0.15) is 25.2 Å². The van der Waals surface area contributed by atoms with Crippen LogP contribution in [0.25, 0.3) is 0 Å². The second-order valence-corrected chi connectivity index (χ2v) is 5.07. The van der Waals surface area contributed by atoms with Crippen molar-refractivity contribution in [3.05, 3.63) is 53.9 Å². The third kappa shape index (κ3) is 3.41. The van der Waals surface area contributed by atoms with Gasteiger partial charge in [0.1, 0.15) is 11.6 Å². The summed E-state index contributed by atoms with van der Waals surface area (Å²) in [5.41, 5.74) is -0.484. The van der Waals surface area contributed by atoms with Gasteiger partial charge in [-0.1, -0.05) is 18.2 Å². The number of benzene rings is 1. The zero-order chi connectivity index (χ0) is 13.9. The first-order chi connectivity index (χ1) is 9.02. The summed E-state index contributed by atoms with van der Waals surface area (Å²) in [5.74, 6) is 0.547. The van der Waals surface area contributed by atoms with Crippen molar-refractivity contribution in [2.45, 2.75) is 38.8 Å². The van der Waals surface area contributed by atoms with E-state index in [9.17, 15) is 9.50 Å². The van der Waals surface area contributed by atoms with E-state index in [1.165, 1.54) is 6.07 Å². The minimum absolute atomic E-state index is 0.274. The van der Waals surface area contributed by atoms with Gasteiger partial charge in [0.05, 0.1) is 5.60 Å². The Balaban J connectivity index is 2.13. The molecule has 4 heteroatoms. The Bertz CT molecular complexity index is 549.